The van der Waals surface area contributed by atoms with Crippen molar-refractivity contribution < 1.29 is 13.6 Å². The van der Waals surface area contributed by atoms with Crippen molar-refractivity contribution in [2.24, 2.45) is 0 Å². The van der Waals surface area contributed by atoms with Crippen molar-refractivity contribution >= 4 is 38.9 Å². The van der Waals surface area contributed by atoms with Gasteiger partial charge in [0.15, 0.2) is 4.96 Å². The summed E-state index contributed by atoms with van der Waals surface area (Å²) in [6, 6.07) is 9.49. The molecule has 10 heteroatoms. The van der Waals surface area contributed by atoms with Crippen molar-refractivity contribution in [1.29, 1.82) is 0 Å². The number of carbonyl (C=O) groups excluding carboxylic acids is 1. The molecule has 0 spiro atoms. The summed E-state index contributed by atoms with van der Waals surface area (Å²) in [5.41, 5.74) is 0.934. The van der Waals surface area contributed by atoms with Gasteiger partial charge in [0.25, 0.3) is 5.56 Å². The van der Waals surface area contributed by atoms with Gasteiger partial charge in [0.1, 0.15) is 29.7 Å². The number of nitrogens with zero attached hydrogens (tertiary/aromatic N) is 4. The molecule has 2 aromatic carbocycles. The zero-order valence-electron chi connectivity index (χ0n) is 15.8. The van der Waals surface area contributed by atoms with E-state index >= 15 is 0 Å². The second-order valence-electron chi connectivity index (χ2n) is 6.76. The first-order chi connectivity index (χ1) is 15.0. The Morgan fingerprint density at radius 3 is 2.68 bits per heavy atom. The maximum Gasteiger partial charge on any atom is 0.261 e. The van der Waals surface area contributed by atoms with Crippen molar-refractivity contribution in [3.8, 4) is 11.3 Å². The average molecular weight is 437 g/mol. The Morgan fingerprint density at radius 2 is 1.87 bits per heavy atom. The van der Waals surface area contributed by atoms with Crippen LogP contribution in [0.25, 0.3) is 27.1 Å². The number of thiazole rings is 1. The van der Waals surface area contributed by atoms with Gasteiger partial charge in [0.2, 0.25) is 5.91 Å². The summed E-state index contributed by atoms with van der Waals surface area (Å²) in [6.07, 6.45) is 3.00. The van der Waals surface area contributed by atoms with E-state index in [4.69, 9.17) is 0 Å². The van der Waals surface area contributed by atoms with Gasteiger partial charge in [-0.15, -0.1) is 11.3 Å². The maximum atomic E-state index is 13.5. The molecule has 3 aromatic heterocycles. The molecule has 0 aliphatic carbocycles. The molecule has 31 heavy (non-hydrogen) atoms. The first-order valence-corrected chi connectivity index (χ1v) is 10.0. The third kappa shape index (κ3) is 3.46. The van der Waals surface area contributed by atoms with E-state index < -0.39 is 17.3 Å². The van der Waals surface area contributed by atoms with Gasteiger partial charge in [-0.2, -0.15) is 0 Å². The number of hydrogen-bond donors (Lipinski definition) is 1. The van der Waals surface area contributed by atoms with Crippen LogP contribution in [0.4, 0.5) is 14.6 Å². The SMILES string of the molecule is O=C(Cn1cnc2ccc(F)cc2c1=O)Nc1c(-c2ccc(F)cc2)nc2sccn12. The molecule has 5 rings (SSSR count). The van der Waals surface area contributed by atoms with E-state index in [1.807, 2.05) is 5.38 Å². The van der Waals surface area contributed by atoms with Gasteiger partial charge in [0, 0.05) is 17.1 Å². The van der Waals surface area contributed by atoms with Crippen molar-refractivity contribution in [3.05, 3.63) is 82.4 Å². The van der Waals surface area contributed by atoms with Gasteiger partial charge < -0.3 is 5.32 Å². The summed E-state index contributed by atoms with van der Waals surface area (Å²) in [7, 11) is 0. The summed E-state index contributed by atoms with van der Waals surface area (Å²) in [5.74, 6) is -1.02. The van der Waals surface area contributed by atoms with Crippen LogP contribution in [0.15, 0.2) is 65.2 Å². The zero-order chi connectivity index (χ0) is 21.5. The van der Waals surface area contributed by atoms with Crippen molar-refractivity contribution in [2.45, 2.75) is 6.54 Å². The van der Waals surface area contributed by atoms with Gasteiger partial charge in [-0.25, -0.2) is 18.7 Å². The highest BCUT2D eigenvalue weighted by atomic mass is 32.1. The summed E-state index contributed by atoms with van der Waals surface area (Å²) < 4.78 is 29.7. The minimum atomic E-state index is -0.559. The normalized spacial score (nSPS) is 11.3. The van der Waals surface area contributed by atoms with Crippen LogP contribution in [0.5, 0.6) is 0 Å². The van der Waals surface area contributed by atoms with E-state index in [2.05, 4.69) is 15.3 Å². The lowest BCUT2D eigenvalue weighted by molar-refractivity contribution is -0.116. The largest absolute Gasteiger partial charge is 0.308 e. The number of amides is 1. The van der Waals surface area contributed by atoms with Crippen LogP contribution >= 0.6 is 11.3 Å². The molecule has 0 aliphatic rings. The van der Waals surface area contributed by atoms with E-state index in [0.29, 0.717) is 27.6 Å². The smallest absolute Gasteiger partial charge is 0.261 e. The molecule has 7 nitrogen and oxygen atoms in total. The van der Waals surface area contributed by atoms with Gasteiger partial charge >= 0.3 is 0 Å². The number of rotatable bonds is 4. The number of fused-ring (bicyclic) bond motifs is 2. The Labute approximate surface area is 177 Å². The second-order valence-corrected chi connectivity index (χ2v) is 7.63. The van der Waals surface area contributed by atoms with E-state index in [9.17, 15) is 18.4 Å². The quantitative estimate of drug-likeness (QED) is 0.465. The number of benzene rings is 2. The fourth-order valence-corrected chi connectivity index (χ4v) is 4.00. The minimum absolute atomic E-state index is 0.0897. The molecule has 1 N–H and O–H groups in total. The summed E-state index contributed by atoms with van der Waals surface area (Å²) in [4.78, 5) is 34.7. The second kappa shape index (κ2) is 7.40. The first kappa shape index (κ1) is 19.1. The van der Waals surface area contributed by atoms with Crippen LogP contribution < -0.4 is 10.9 Å². The number of nitrogens with one attached hydrogen (secondary N) is 1. The molecule has 1 amide bonds. The summed E-state index contributed by atoms with van der Waals surface area (Å²) >= 11 is 1.38. The van der Waals surface area contributed by atoms with Crippen LogP contribution in [0.3, 0.4) is 0 Å². The van der Waals surface area contributed by atoms with Gasteiger partial charge in [0.05, 0.1) is 17.2 Å². The number of halogens is 2. The first-order valence-electron chi connectivity index (χ1n) is 9.15. The topological polar surface area (TPSA) is 81.3 Å². The van der Waals surface area contributed by atoms with Crippen LogP contribution in [0.2, 0.25) is 0 Å². The molecule has 154 valence electrons. The minimum Gasteiger partial charge on any atom is -0.308 e. The maximum absolute atomic E-state index is 13.5. The third-order valence-electron chi connectivity index (χ3n) is 4.74. The summed E-state index contributed by atoms with van der Waals surface area (Å²) in [5, 5.41) is 4.69. The highest BCUT2D eigenvalue weighted by molar-refractivity contribution is 7.15. The lowest BCUT2D eigenvalue weighted by atomic mass is 10.1. The van der Waals surface area contributed by atoms with Crippen LogP contribution in [0.1, 0.15) is 0 Å². The third-order valence-corrected chi connectivity index (χ3v) is 5.49. The fourth-order valence-electron chi connectivity index (χ4n) is 3.28. The molecule has 5 aromatic rings. The Kier molecular flexibility index (Phi) is 4.55. The lowest BCUT2D eigenvalue weighted by Gasteiger charge is -2.09. The Morgan fingerprint density at radius 1 is 1.10 bits per heavy atom. The van der Waals surface area contributed by atoms with Crippen molar-refractivity contribution in [2.75, 3.05) is 5.32 Å². The van der Waals surface area contributed by atoms with E-state index in [1.54, 1.807) is 22.7 Å². The monoisotopic (exact) mass is 437 g/mol. The molecular weight excluding hydrogens is 424 g/mol. The molecule has 0 aliphatic heterocycles. The van der Waals surface area contributed by atoms with Gasteiger partial charge in [-0.1, -0.05) is 0 Å². The number of imidazole rings is 1. The van der Waals surface area contributed by atoms with Crippen LogP contribution in [0, 0.1) is 11.6 Å². The Hall–Kier alpha value is -3.92. The number of hydrogen-bond acceptors (Lipinski definition) is 5. The number of carbonyl (C=O) groups is 1. The van der Waals surface area contributed by atoms with E-state index in [1.165, 1.54) is 41.9 Å². The van der Waals surface area contributed by atoms with Crippen molar-refractivity contribution in [1.82, 2.24) is 18.9 Å². The Bertz CT molecular complexity index is 1500. The predicted octanol–water partition coefficient (Wildman–Crippen LogP) is 3.69. The molecular formula is C21H13F2N5O2S. The molecule has 0 atom stereocenters. The highest BCUT2D eigenvalue weighted by Crippen LogP contribution is 2.30. The molecule has 0 saturated heterocycles. The zero-order valence-corrected chi connectivity index (χ0v) is 16.6. The molecule has 0 saturated carbocycles. The molecule has 3 heterocycles. The molecule has 0 unspecified atom stereocenters. The Balaban J connectivity index is 1.48. The standard InChI is InChI=1S/C21H13F2N5O2S/c22-13-3-1-12(2-4-13)18-19(28-7-8-31-21(28)26-18)25-17(29)10-27-11-24-16-6-5-14(23)9-15(16)20(27)30/h1-9,11H,10H2,(H,25,29). The highest BCUT2D eigenvalue weighted by Gasteiger charge is 2.18. The van der Waals surface area contributed by atoms with Crippen molar-refractivity contribution in [3.63, 3.8) is 0 Å². The molecule has 0 bridgehead atoms. The predicted molar refractivity (Wildman–Crippen MR) is 113 cm³/mol. The number of aromatic nitrogens is 4. The van der Waals surface area contributed by atoms with Crippen LogP contribution in [-0.4, -0.2) is 24.8 Å². The van der Waals surface area contributed by atoms with Crippen LogP contribution in [-0.2, 0) is 11.3 Å². The van der Waals surface area contributed by atoms with E-state index in [-0.39, 0.29) is 17.7 Å². The van der Waals surface area contributed by atoms with Gasteiger partial charge in [-0.05, 0) is 42.5 Å². The average Bonchev–Trinajstić information content (AvgIpc) is 3.34. The molecule has 0 fully saturated rings. The number of anilines is 1. The fraction of sp³-hybridized carbons (Fsp3) is 0.0476. The lowest BCUT2D eigenvalue weighted by Crippen LogP contribution is -2.28. The van der Waals surface area contributed by atoms with Gasteiger partial charge in [-0.3, -0.25) is 18.6 Å². The summed E-state index contributed by atoms with van der Waals surface area (Å²) in [6.45, 7) is -0.321. The molecule has 0 radical (unpaired) electrons. The van der Waals surface area contributed by atoms with E-state index in [0.717, 1.165) is 10.6 Å².